The van der Waals surface area contributed by atoms with E-state index in [-0.39, 0.29) is 11.8 Å². The second-order valence-corrected chi connectivity index (χ2v) is 4.98. The predicted molar refractivity (Wildman–Crippen MR) is 73.3 cm³/mol. The summed E-state index contributed by atoms with van der Waals surface area (Å²) in [6, 6.07) is 6.52. The van der Waals surface area contributed by atoms with Gasteiger partial charge in [-0.05, 0) is 32.0 Å². The third-order valence-corrected chi connectivity index (χ3v) is 3.06. The molecule has 0 amide bonds. The van der Waals surface area contributed by atoms with Gasteiger partial charge in [-0.15, -0.1) is 0 Å². The number of aryl methyl sites for hydroxylation is 2. The summed E-state index contributed by atoms with van der Waals surface area (Å²) >= 11 is 0. The molecule has 17 heavy (non-hydrogen) atoms. The lowest BCUT2D eigenvalue weighted by Gasteiger charge is -2.21. The van der Waals surface area contributed by atoms with Gasteiger partial charge >= 0.3 is 0 Å². The van der Waals surface area contributed by atoms with Gasteiger partial charge in [0.1, 0.15) is 0 Å². The second kappa shape index (κ2) is 5.82. The molecule has 3 N–H and O–H groups in total. The van der Waals surface area contributed by atoms with Crippen LogP contribution in [0.5, 0.6) is 0 Å². The van der Waals surface area contributed by atoms with Crippen LogP contribution in [-0.4, -0.2) is 24.3 Å². The second-order valence-electron chi connectivity index (χ2n) is 4.98. The van der Waals surface area contributed by atoms with E-state index >= 15 is 0 Å². The number of hydrogen-bond acceptors (Lipinski definition) is 2. The summed E-state index contributed by atoms with van der Waals surface area (Å²) in [5.74, 6) is 0.378. The fraction of sp³-hybridized carbons (Fsp3) is 0.500. The van der Waals surface area contributed by atoms with E-state index in [2.05, 4.69) is 44.0 Å². The van der Waals surface area contributed by atoms with Crippen LogP contribution in [0.1, 0.15) is 23.6 Å². The van der Waals surface area contributed by atoms with Gasteiger partial charge in [-0.3, -0.25) is 5.41 Å². The Morgan fingerprint density at radius 1 is 1.41 bits per heavy atom. The Morgan fingerprint density at radius 2 is 2.06 bits per heavy atom. The molecule has 1 rings (SSSR count). The van der Waals surface area contributed by atoms with E-state index in [0.29, 0.717) is 0 Å². The summed E-state index contributed by atoms with van der Waals surface area (Å²) in [6.07, 6.45) is 0. The highest BCUT2D eigenvalue weighted by Gasteiger charge is 2.10. The van der Waals surface area contributed by atoms with Crippen molar-refractivity contribution in [1.29, 1.82) is 5.41 Å². The van der Waals surface area contributed by atoms with Crippen LogP contribution in [0, 0.1) is 25.2 Å². The lowest BCUT2D eigenvalue weighted by atomic mass is 10.0. The molecule has 0 fully saturated rings. The zero-order valence-corrected chi connectivity index (χ0v) is 11.2. The Balaban J connectivity index is 2.64. The van der Waals surface area contributed by atoms with Gasteiger partial charge in [0.2, 0.25) is 0 Å². The molecule has 1 unspecified atom stereocenters. The Bertz CT molecular complexity index is 398. The van der Waals surface area contributed by atoms with Crippen LogP contribution < -0.4 is 5.73 Å². The molecule has 0 aliphatic carbocycles. The highest BCUT2D eigenvalue weighted by atomic mass is 15.1. The zero-order chi connectivity index (χ0) is 13.0. The van der Waals surface area contributed by atoms with Crippen molar-refractivity contribution < 1.29 is 0 Å². The summed E-state index contributed by atoms with van der Waals surface area (Å²) in [5, 5.41) is 7.40. The first-order valence-electron chi connectivity index (χ1n) is 5.98. The van der Waals surface area contributed by atoms with E-state index in [4.69, 9.17) is 11.1 Å². The van der Waals surface area contributed by atoms with Crippen LogP contribution in [0.2, 0.25) is 0 Å². The SMILES string of the molecule is Cc1ccc(C)c(CN(C)CC(C)C(=N)N)c1. The maximum absolute atomic E-state index is 7.40. The van der Waals surface area contributed by atoms with Crippen LogP contribution in [-0.2, 0) is 6.54 Å². The average molecular weight is 233 g/mol. The monoisotopic (exact) mass is 233 g/mol. The summed E-state index contributed by atoms with van der Waals surface area (Å²) in [4.78, 5) is 2.22. The highest BCUT2D eigenvalue weighted by molar-refractivity contribution is 5.79. The summed E-state index contributed by atoms with van der Waals surface area (Å²) in [7, 11) is 2.07. The molecule has 0 heterocycles. The molecule has 0 aromatic heterocycles. The molecule has 0 saturated carbocycles. The molecule has 0 aliphatic rings. The van der Waals surface area contributed by atoms with E-state index < -0.39 is 0 Å². The van der Waals surface area contributed by atoms with Crippen molar-refractivity contribution in [3.8, 4) is 0 Å². The first kappa shape index (κ1) is 13.7. The lowest BCUT2D eigenvalue weighted by molar-refractivity contribution is 0.305. The minimum Gasteiger partial charge on any atom is -0.387 e. The Hall–Kier alpha value is -1.35. The molecule has 3 nitrogen and oxygen atoms in total. The summed E-state index contributed by atoms with van der Waals surface area (Å²) in [5.41, 5.74) is 9.45. The van der Waals surface area contributed by atoms with Crippen molar-refractivity contribution in [2.45, 2.75) is 27.3 Å². The van der Waals surface area contributed by atoms with Crippen LogP contribution in [0.25, 0.3) is 0 Å². The van der Waals surface area contributed by atoms with Gasteiger partial charge < -0.3 is 10.6 Å². The molecule has 3 heteroatoms. The molecule has 0 radical (unpaired) electrons. The van der Waals surface area contributed by atoms with Gasteiger partial charge in [-0.1, -0.05) is 30.7 Å². The van der Waals surface area contributed by atoms with E-state index in [1.165, 1.54) is 16.7 Å². The van der Waals surface area contributed by atoms with E-state index in [1.54, 1.807) is 0 Å². The third kappa shape index (κ3) is 4.19. The topological polar surface area (TPSA) is 53.1 Å². The molecule has 1 atom stereocenters. The fourth-order valence-corrected chi connectivity index (χ4v) is 1.89. The van der Waals surface area contributed by atoms with Gasteiger partial charge in [0.05, 0.1) is 5.84 Å². The van der Waals surface area contributed by atoms with Crippen LogP contribution in [0.15, 0.2) is 18.2 Å². The number of benzene rings is 1. The first-order chi connectivity index (χ1) is 7.90. The molecule has 0 aliphatic heterocycles. The Morgan fingerprint density at radius 3 is 2.65 bits per heavy atom. The van der Waals surface area contributed by atoms with Crippen LogP contribution in [0.3, 0.4) is 0 Å². The molecule has 1 aromatic rings. The van der Waals surface area contributed by atoms with Crippen molar-refractivity contribution in [2.24, 2.45) is 11.7 Å². The summed E-state index contributed by atoms with van der Waals surface area (Å²) in [6.45, 7) is 7.97. The van der Waals surface area contributed by atoms with Crippen molar-refractivity contribution in [1.82, 2.24) is 4.90 Å². The smallest absolute Gasteiger partial charge is 0.0947 e. The Labute approximate surface area is 104 Å². The van der Waals surface area contributed by atoms with Crippen molar-refractivity contribution >= 4 is 5.84 Å². The third-order valence-electron chi connectivity index (χ3n) is 3.06. The number of nitrogens with zero attached hydrogens (tertiary/aromatic N) is 1. The standard InChI is InChI=1S/C14H23N3/c1-10-5-6-11(2)13(7-10)9-17(4)8-12(3)14(15)16/h5-7,12H,8-9H2,1-4H3,(H3,15,16). The molecule has 0 bridgehead atoms. The number of amidine groups is 1. The normalized spacial score (nSPS) is 12.8. The van der Waals surface area contributed by atoms with Crippen LogP contribution >= 0.6 is 0 Å². The summed E-state index contributed by atoms with van der Waals surface area (Å²) < 4.78 is 0. The molecule has 94 valence electrons. The van der Waals surface area contributed by atoms with Gasteiger partial charge in [0, 0.05) is 19.0 Å². The minimum atomic E-state index is 0.116. The fourth-order valence-electron chi connectivity index (χ4n) is 1.89. The lowest BCUT2D eigenvalue weighted by Crippen LogP contribution is -2.31. The number of hydrogen-bond donors (Lipinski definition) is 2. The number of nitrogens with two attached hydrogens (primary N) is 1. The molecular formula is C14H23N3. The molecule has 1 aromatic carbocycles. The van der Waals surface area contributed by atoms with E-state index in [0.717, 1.165) is 13.1 Å². The molecule has 0 spiro atoms. The molecular weight excluding hydrogens is 210 g/mol. The van der Waals surface area contributed by atoms with Gasteiger partial charge in [-0.25, -0.2) is 0 Å². The molecule has 0 saturated heterocycles. The quantitative estimate of drug-likeness (QED) is 0.605. The van der Waals surface area contributed by atoms with Crippen molar-refractivity contribution in [3.05, 3.63) is 34.9 Å². The maximum atomic E-state index is 7.40. The average Bonchev–Trinajstić information content (AvgIpc) is 2.23. The van der Waals surface area contributed by atoms with Gasteiger partial charge in [-0.2, -0.15) is 0 Å². The predicted octanol–water partition coefficient (Wildman–Crippen LogP) is 2.31. The maximum Gasteiger partial charge on any atom is 0.0947 e. The van der Waals surface area contributed by atoms with E-state index in [1.807, 2.05) is 6.92 Å². The van der Waals surface area contributed by atoms with Crippen LogP contribution in [0.4, 0.5) is 0 Å². The largest absolute Gasteiger partial charge is 0.387 e. The highest BCUT2D eigenvalue weighted by Crippen LogP contribution is 2.13. The van der Waals surface area contributed by atoms with E-state index in [9.17, 15) is 0 Å². The number of nitrogens with one attached hydrogen (secondary N) is 1. The minimum absolute atomic E-state index is 0.116. The van der Waals surface area contributed by atoms with Gasteiger partial charge in [0.15, 0.2) is 0 Å². The first-order valence-corrected chi connectivity index (χ1v) is 5.98. The van der Waals surface area contributed by atoms with Crippen molar-refractivity contribution in [3.63, 3.8) is 0 Å². The number of rotatable bonds is 5. The zero-order valence-electron chi connectivity index (χ0n) is 11.2. The van der Waals surface area contributed by atoms with Gasteiger partial charge in [0.25, 0.3) is 0 Å². The van der Waals surface area contributed by atoms with Crippen molar-refractivity contribution in [2.75, 3.05) is 13.6 Å². The Kier molecular flexibility index (Phi) is 4.70.